The molecule has 1 fully saturated rings. The van der Waals surface area contributed by atoms with Gasteiger partial charge in [-0.05, 0) is 12.8 Å². The summed E-state index contributed by atoms with van der Waals surface area (Å²) in [5.41, 5.74) is 5.66. The molecule has 0 saturated carbocycles. The summed E-state index contributed by atoms with van der Waals surface area (Å²) in [6.45, 7) is 1.42. The van der Waals surface area contributed by atoms with Crippen molar-refractivity contribution >= 4 is 10.8 Å². The second-order valence-corrected chi connectivity index (χ2v) is 5.16. The summed E-state index contributed by atoms with van der Waals surface area (Å²) in [7, 11) is -2.47. The Morgan fingerprint density at radius 2 is 1.82 bits per heavy atom. The van der Waals surface area contributed by atoms with E-state index < -0.39 is 10.8 Å². The van der Waals surface area contributed by atoms with Gasteiger partial charge in [0.05, 0.1) is 0 Å². The van der Waals surface area contributed by atoms with Gasteiger partial charge in [0, 0.05) is 25.4 Å². The molecule has 0 radical (unpaired) electrons. The summed E-state index contributed by atoms with van der Waals surface area (Å²) in [5.74, 6) is 0. The molecule has 4 nitrogen and oxygen atoms in total. The van der Waals surface area contributed by atoms with Gasteiger partial charge in [0.15, 0.2) is 0 Å². The SMILES string of the molecule is CS(O)(O)N1CCC(N)CC1. The first kappa shape index (κ1) is 9.28. The predicted molar refractivity (Wildman–Crippen MR) is 47.6 cm³/mol. The maximum Gasteiger partial charge on any atom is 0.0418 e. The molecule has 0 aromatic rings. The summed E-state index contributed by atoms with van der Waals surface area (Å²) in [5, 5.41) is 0. The Labute approximate surface area is 68.9 Å². The molecule has 11 heavy (non-hydrogen) atoms. The van der Waals surface area contributed by atoms with Gasteiger partial charge in [-0.15, -0.1) is 10.8 Å². The van der Waals surface area contributed by atoms with E-state index in [2.05, 4.69) is 0 Å². The molecular weight excluding hydrogens is 164 g/mol. The average molecular weight is 180 g/mol. The van der Waals surface area contributed by atoms with Crippen molar-refractivity contribution in [2.24, 2.45) is 5.73 Å². The Balaban J connectivity index is 2.39. The predicted octanol–water partition coefficient (Wildman–Crippen LogP) is 0.705. The van der Waals surface area contributed by atoms with Crippen molar-refractivity contribution in [3.05, 3.63) is 0 Å². The first-order chi connectivity index (χ1) is 5.00. The number of hydrogen-bond donors (Lipinski definition) is 3. The van der Waals surface area contributed by atoms with E-state index in [9.17, 15) is 9.11 Å². The van der Waals surface area contributed by atoms with Crippen LogP contribution in [0.1, 0.15) is 12.8 Å². The molecule has 68 valence electrons. The Morgan fingerprint density at radius 3 is 2.18 bits per heavy atom. The third-order valence-corrected chi connectivity index (χ3v) is 3.33. The van der Waals surface area contributed by atoms with Gasteiger partial charge in [0.2, 0.25) is 0 Å². The number of piperidine rings is 1. The monoisotopic (exact) mass is 180 g/mol. The van der Waals surface area contributed by atoms with Crippen LogP contribution in [0.25, 0.3) is 0 Å². The molecule has 0 spiro atoms. The van der Waals surface area contributed by atoms with E-state index >= 15 is 0 Å². The van der Waals surface area contributed by atoms with Crippen LogP contribution in [0.2, 0.25) is 0 Å². The smallest absolute Gasteiger partial charge is 0.0418 e. The van der Waals surface area contributed by atoms with Gasteiger partial charge >= 0.3 is 0 Å². The highest BCUT2D eigenvalue weighted by molar-refractivity contribution is 8.21. The Bertz CT molecular complexity index is 129. The van der Waals surface area contributed by atoms with Gasteiger partial charge in [0.25, 0.3) is 0 Å². The van der Waals surface area contributed by atoms with E-state index in [0.717, 1.165) is 12.8 Å². The van der Waals surface area contributed by atoms with E-state index in [4.69, 9.17) is 5.73 Å². The molecule has 5 heteroatoms. The summed E-state index contributed by atoms with van der Waals surface area (Å²) >= 11 is 0. The summed E-state index contributed by atoms with van der Waals surface area (Å²) in [6.07, 6.45) is 3.19. The quantitative estimate of drug-likeness (QED) is 0.555. The lowest BCUT2D eigenvalue weighted by molar-refractivity contribution is 0.290. The zero-order valence-corrected chi connectivity index (χ0v) is 7.55. The molecule has 1 rings (SSSR count). The normalized spacial score (nSPS) is 25.5. The highest BCUT2D eigenvalue weighted by Crippen LogP contribution is 2.40. The van der Waals surface area contributed by atoms with E-state index in [-0.39, 0.29) is 6.04 Å². The van der Waals surface area contributed by atoms with Gasteiger partial charge in [0.1, 0.15) is 0 Å². The minimum absolute atomic E-state index is 0.244. The molecule has 0 aromatic heterocycles. The van der Waals surface area contributed by atoms with E-state index in [1.54, 1.807) is 4.31 Å². The fourth-order valence-corrected chi connectivity index (χ4v) is 2.12. The highest BCUT2D eigenvalue weighted by Gasteiger charge is 2.22. The zero-order valence-electron chi connectivity index (χ0n) is 6.73. The van der Waals surface area contributed by atoms with Crippen molar-refractivity contribution in [3.8, 4) is 0 Å². The number of nitrogens with zero attached hydrogens (tertiary/aromatic N) is 1. The van der Waals surface area contributed by atoms with Gasteiger partial charge in [-0.3, -0.25) is 9.11 Å². The van der Waals surface area contributed by atoms with Crippen molar-refractivity contribution in [1.29, 1.82) is 0 Å². The number of rotatable bonds is 1. The lowest BCUT2D eigenvalue weighted by atomic mass is 10.1. The van der Waals surface area contributed by atoms with Gasteiger partial charge in [-0.25, -0.2) is 4.31 Å². The average Bonchev–Trinajstić information content (AvgIpc) is 1.86. The fraction of sp³-hybridized carbons (Fsp3) is 1.00. The molecule has 0 aromatic carbocycles. The molecule has 1 aliphatic rings. The molecule has 1 heterocycles. The molecule has 0 bridgehead atoms. The molecule has 4 N–H and O–H groups in total. The fourth-order valence-electron chi connectivity index (χ4n) is 1.22. The van der Waals surface area contributed by atoms with Crippen molar-refractivity contribution in [1.82, 2.24) is 4.31 Å². The minimum Gasteiger partial charge on any atom is -0.328 e. The lowest BCUT2D eigenvalue weighted by Crippen LogP contribution is -2.40. The first-order valence-electron chi connectivity index (χ1n) is 3.74. The molecule has 1 aliphatic heterocycles. The third kappa shape index (κ3) is 2.61. The minimum atomic E-state index is -2.47. The largest absolute Gasteiger partial charge is 0.328 e. The van der Waals surface area contributed by atoms with Crippen LogP contribution in [0.4, 0.5) is 0 Å². The van der Waals surface area contributed by atoms with Crippen LogP contribution < -0.4 is 5.73 Å². The Kier molecular flexibility index (Phi) is 2.77. The van der Waals surface area contributed by atoms with E-state index in [1.807, 2.05) is 0 Å². The Morgan fingerprint density at radius 1 is 1.36 bits per heavy atom. The van der Waals surface area contributed by atoms with Crippen LogP contribution in [0.3, 0.4) is 0 Å². The zero-order chi connectivity index (χ0) is 8.48. The van der Waals surface area contributed by atoms with E-state index in [0.29, 0.717) is 13.1 Å². The highest BCUT2D eigenvalue weighted by atomic mass is 32.3. The molecule has 0 aliphatic carbocycles. The van der Waals surface area contributed by atoms with Crippen molar-refractivity contribution < 1.29 is 9.11 Å². The van der Waals surface area contributed by atoms with Gasteiger partial charge in [-0.2, -0.15) is 0 Å². The molecular formula is C6H16N2O2S. The second-order valence-electron chi connectivity index (χ2n) is 3.06. The van der Waals surface area contributed by atoms with Gasteiger partial charge in [-0.1, -0.05) is 0 Å². The molecule has 0 unspecified atom stereocenters. The van der Waals surface area contributed by atoms with Crippen molar-refractivity contribution in [3.63, 3.8) is 0 Å². The van der Waals surface area contributed by atoms with Crippen molar-refractivity contribution in [2.45, 2.75) is 18.9 Å². The standard InChI is InChI=1S/C6H16N2O2S/c1-11(9,10)8-4-2-6(7)3-5-8/h6,9-10H,2-5,7H2,1H3. The molecule has 1 saturated heterocycles. The molecule has 0 amide bonds. The summed E-state index contributed by atoms with van der Waals surface area (Å²) in [4.78, 5) is 0. The Hall–Kier alpha value is 0.190. The van der Waals surface area contributed by atoms with Crippen molar-refractivity contribution in [2.75, 3.05) is 19.3 Å². The van der Waals surface area contributed by atoms with Crippen LogP contribution in [0, 0.1) is 0 Å². The van der Waals surface area contributed by atoms with Crippen LogP contribution in [-0.2, 0) is 0 Å². The topological polar surface area (TPSA) is 69.7 Å². The van der Waals surface area contributed by atoms with Crippen LogP contribution in [-0.4, -0.2) is 38.8 Å². The van der Waals surface area contributed by atoms with Crippen LogP contribution in [0.5, 0.6) is 0 Å². The van der Waals surface area contributed by atoms with Gasteiger partial charge < -0.3 is 5.73 Å². The number of nitrogens with two attached hydrogens (primary N) is 1. The lowest BCUT2D eigenvalue weighted by Gasteiger charge is -2.42. The first-order valence-corrected chi connectivity index (χ1v) is 5.65. The maximum atomic E-state index is 9.25. The maximum absolute atomic E-state index is 9.25. The third-order valence-electron chi connectivity index (χ3n) is 1.99. The number of hydrogen-bond acceptors (Lipinski definition) is 4. The van der Waals surface area contributed by atoms with Crippen LogP contribution in [0.15, 0.2) is 0 Å². The molecule has 0 atom stereocenters. The summed E-state index contributed by atoms with van der Waals surface area (Å²) < 4.78 is 20.2. The van der Waals surface area contributed by atoms with E-state index in [1.165, 1.54) is 6.26 Å². The second kappa shape index (κ2) is 3.28. The summed E-state index contributed by atoms with van der Waals surface area (Å²) in [6, 6.07) is 0.244. The van der Waals surface area contributed by atoms with Crippen LogP contribution >= 0.6 is 10.8 Å².